The van der Waals surface area contributed by atoms with Crippen LogP contribution in [-0.2, 0) is 10.1 Å². The van der Waals surface area contributed by atoms with Gasteiger partial charge in [0.1, 0.15) is 16.2 Å². The van der Waals surface area contributed by atoms with Crippen molar-refractivity contribution in [2.75, 3.05) is 5.73 Å². The van der Waals surface area contributed by atoms with E-state index in [2.05, 4.69) is 0 Å². The molecule has 0 radical (unpaired) electrons. The van der Waals surface area contributed by atoms with Crippen molar-refractivity contribution < 1.29 is 17.4 Å². The molecular weight excluding hydrogens is 306 g/mol. The first kappa shape index (κ1) is 14.3. The van der Waals surface area contributed by atoms with Crippen molar-refractivity contribution in [1.29, 1.82) is 0 Å². The second-order valence-electron chi connectivity index (χ2n) is 4.68. The third-order valence-electron chi connectivity index (χ3n) is 3.24. The molecule has 112 valence electrons. The zero-order valence-corrected chi connectivity index (χ0v) is 12.0. The molecule has 0 saturated heterocycles. The van der Waals surface area contributed by atoms with Crippen LogP contribution in [0.2, 0.25) is 0 Å². The Morgan fingerprint density at radius 1 is 1.00 bits per heavy atom. The van der Waals surface area contributed by atoms with Crippen LogP contribution in [0.15, 0.2) is 62.6 Å². The number of benzene rings is 2. The normalized spacial score (nSPS) is 11.7. The van der Waals surface area contributed by atoms with Gasteiger partial charge in [-0.1, -0.05) is 36.4 Å². The number of para-hydroxylation sites is 1. The highest BCUT2D eigenvalue weighted by molar-refractivity contribution is 7.86. The molecule has 0 amide bonds. The third kappa shape index (κ3) is 2.36. The minimum absolute atomic E-state index is 0.0345. The zero-order valence-electron chi connectivity index (χ0n) is 11.2. The maximum atomic E-state index is 11.6. The van der Waals surface area contributed by atoms with Crippen molar-refractivity contribution in [2.45, 2.75) is 4.90 Å². The van der Waals surface area contributed by atoms with Crippen molar-refractivity contribution in [3.8, 4) is 11.1 Å². The highest BCUT2D eigenvalue weighted by Crippen LogP contribution is 2.32. The average molecular weight is 317 g/mol. The van der Waals surface area contributed by atoms with Gasteiger partial charge in [0.15, 0.2) is 0 Å². The monoisotopic (exact) mass is 317 g/mol. The van der Waals surface area contributed by atoms with Crippen LogP contribution >= 0.6 is 0 Å². The molecule has 0 atom stereocenters. The molecule has 3 aromatic rings. The van der Waals surface area contributed by atoms with Gasteiger partial charge in [-0.25, -0.2) is 4.79 Å². The Balaban J connectivity index is 2.42. The van der Waals surface area contributed by atoms with Crippen molar-refractivity contribution >= 4 is 26.8 Å². The van der Waals surface area contributed by atoms with Crippen LogP contribution in [-0.4, -0.2) is 13.0 Å². The molecular formula is C15H11NO5S. The first-order valence-electron chi connectivity index (χ1n) is 6.27. The molecule has 0 aliphatic heterocycles. The second kappa shape index (κ2) is 4.97. The van der Waals surface area contributed by atoms with Gasteiger partial charge in [0.25, 0.3) is 10.1 Å². The predicted octanol–water partition coefficient (Wildman–Crippen LogP) is 2.29. The van der Waals surface area contributed by atoms with Gasteiger partial charge in [0.05, 0.1) is 0 Å². The van der Waals surface area contributed by atoms with Crippen LogP contribution in [0.1, 0.15) is 0 Å². The van der Waals surface area contributed by atoms with Crippen LogP contribution in [0.25, 0.3) is 22.1 Å². The molecule has 0 aliphatic rings. The fourth-order valence-electron chi connectivity index (χ4n) is 2.29. The van der Waals surface area contributed by atoms with Gasteiger partial charge in [0.2, 0.25) is 0 Å². The van der Waals surface area contributed by atoms with E-state index in [0.717, 1.165) is 0 Å². The summed E-state index contributed by atoms with van der Waals surface area (Å²) in [7, 11) is -4.41. The number of nitrogen functional groups attached to an aromatic ring is 1. The number of nitrogens with two attached hydrogens (primary N) is 1. The van der Waals surface area contributed by atoms with E-state index in [1.54, 1.807) is 24.3 Å². The fourth-order valence-corrected chi connectivity index (χ4v) is 2.99. The summed E-state index contributed by atoms with van der Waals surface area (Å²) in [5.41, 5.74) is 5.62. The molecule has 3 N–H and O–H groups in total. The van der Waals surface area contributed by atoms with Crippen LogP contribution in [0, 0.1) is 0 Å². The van der Waals surface area contributed by atoms with E-state index < -0.39 is 15.7 Å². The summed E-state index contributed by atoms with van der Waals surface area (Å²) in [6.45, 7) is 0. The van der Waals surface area contributed by atoms with Crippen molar-refractivity contribution in [3.63, 3.8) is 0 Å². The Bertz CT molecular complexity index is 1040. The second-order valence-corrected chi connectivity index (χ2v) is 6.07. The van der Waals surface area contributed by atoms with E-state index in [1.807, 2.05) is 0 Å². The average Bonchev–Trinajstić information content (AvgIpc) is 2.47. The van der Waals surface area contributed by atoms with Crippen LogP contribution in [0.3, 0.4) is 0 Å². The lowest BCUT2D eigenvalue weighted by atomic mass is 10.0. The number of anilines is 1. The molecule has 0 aliphatic carbocycles. The molecule has 0 spiro atoms. The largest absolute Gasteiger partial charge is 0.421 e. The summed E-state index contributed by atoms with van der Waals surface area (Å²) in [6.07, 6.45) is 0. The van der Waals surface area contributed by atoms with E-state index in [-0.39, 0.29) is 21.7 Å². The molecule has 1 heterocycles. The van der Waals surface area contributed by atoms with Gasteiger partial charge in [-0.15, -0.1) is 0 Å². The minimum Gasteiger partial charge on any atom is -0.421 e. The maximum absolute atomic E-state index is 11.6. The molecule has 22 heavy (non-hydrogen) atoms. The van der Waals surface area contributed by atoms with Crippen LogP contribution < -0.4 is 11.4 Å². The van der Waals surface area contributed by atoms with Gasteiger partial charge >= 0.3 is 5.63 Å². The molecule has 7 heteroatoms. The summed E-state index contributed by atoms with van der Waals surface area (Å²) >= 11 is 0. The Hall–Kier alpha value is -2.64. The topological polar surface area (TPSA) is 111 Å². The Morgan fingerprint density at radius 2 is 1.68 bits per heavy atom. The molecule has 6 nitrogen and oxygen atoms in total. The van der Waals surface area contributed by atoms with Gasteiger partial charge < -0.3 is 10.2 Å². The summed E-state index contributed by atoms with van der Waals surface area (Å²) in [5.74, 6) is 0. The van der Waals surface area contributed by atoms with E-state index in [4.69, 9.17) is 10.2 Å². The number of fused-ring (bicyclic) bond motifs is 1. The molecule has 2 aromatic carbocycles. The third-order valence-corrected chi connectivity index (χ3v) is 4.15. The summed E-state index contributed by atoms with van der Waals surface area (Å²) in [4.78, 5) is 11.4. The minimum atomic E-state index is -4.41. The molecule has 0 bridgehead atoms. The first-order valence-corrected chi connectivity index (χ1v) is 7.71. The molecule has 0 saturated carbocycles. The van der Waals surface area contributed by atoms with Crippen molar-refractivity contribution in [3.05, 3.63) is 59.0 Å². The summed E-state index contributed by atoms with van der Waals surface area (Å²) in [5, 5.41) is 0.555. The fraction of sp³-hybridized carbons (Fsp3) is 0. The van der Waals surface area contributed by atoms with Gasteiger partial charge in [-0.05, 0) is 12.1 Å². The van der Waals surface area contributed by atoms with E-state index >= 15 is 0 Å². The lowest BCUT2D eigenvalue weighted by Crippen LogP contribution is -2.06. The quantitative estimate of drug-likeness (QED) is 0.554. The smallest absolute Gasteiger partial charge is 0.359 e. The molecule has 0 fully saturated rings. The van der Waals surface area contributed by atoms with E-state index in [1.165, 1.54) is 24.3 Å². The Labute approximate surface area is 125 Å². The van der Waals surface area contributed by atoms with Crippen molar-refractivity contribution in [2.24, 2.45) is 0 Å². The highest BCUT2D eigenvalue weighted by atomic mass is 32.2. The zero-order chi connectivity index (χ0) is 15.9. The highest BCUT2D eigenvalue weighted by Gasteiger charge is 2.18. The molecule has 3 rings (SSSR count). The first-order chi connectivity index (χ1) is 10.4. The van der Waals surface area contributed by atoms with Gasteiger partial charge in [0, 0.05) is 16.5 Å². The Kier molecular flexibility index (Phi) is 3.23. The van der Waals surface area contributed by atoms with Crippen molar-refractivity contribution in [1.82, 2.24) is 0 Å². The van der Waals surface area contributed by atoms with E-state index in [9.17, 15) is 17.8 Å². The van der Waals surface area contributed by atoms with Crippen LogP contribution in [0.4, 0.5) is 5.69 Å². The lowest BCUT2D eigenvalue weighted by Gasteiger charge is -2.09. The Morgan fingerprint density at radius 3 is 2.41 bits per heavy atom. The molecule has 1 aromatic heterocycles. The SMILES string of the molecule is Nc1cc2cccc(-c3ccccc3S(=O)(=O)O)c2oc1=O. The lowest BCUT2D eigenvalue weighted by molar-refractivity contribution is 0.483. The van der Waals surface area contributed by atoms with Crippen LogP contribution in [0.5, 0.6) is 0 Å². The number of rotatable bonds is 2. The van der Waals surface area contributed by atoms with E-state index in [0.29, 0.717) is 10.9 Å². The summed E-state index contributed by atoms with van der Waals surface area (Å²) in [6, 6.07) is 12.3. The maximum Gasteiger partial charge on any atom is 0.359 e. The number of hydrogen-bond acceptors (Lipinski definition) is 5. The number of hydrogen-bond donors (Lipinski definition) is 2. The standard InChI is InChI=1S/C15H11NO5S/c16-12-8-9-4-3-6-11(14(9)21-15(12)17)10-5-1-2-7-13(10)22(18,19)20/h1-8H,16H2,(H,18,19,20). The van der Waals surface area contributed by atoms with Gasteiger partial charge in [-0.3, -0.25) is 4.55 Å². The molecule has 0 unspecified atom stereocenters. The van der Waals surface area contributed by atoms with Gasteiger partial charge in [-0.2, -0.15) is 8.42 Å². The predicted molar refractivity (Wildman–Crippen MR) is 82.1 cm³/mol. The summed E-state index contributed by atoms with van der Waals surface area (Å²) < 4.78 is 37.6.